The largest absolute Gasteiger partial charge is 0.304 e. The van der Waals surface area contributed by atoms with Crippen molar-refractivity contribution in [3.63, 3.8) is 0 Å². The highest BCUT2D eigenvalue weighted by Crippen LogP contribution is 2.14. The number of nitrogens with zero attached hydrogens (tertiary/aromatic N) is 1. The van der Waals surface area contributed by atoms with Crippen LogP contribution in [0.15, 0.2) is 0 Å². The Kier molecular flexibility index (Phi) is 20.7. The van der Waals surface area contributed by atoms with Gasteiger partial charge in [-0.05, 0) is 44.3 Å². The predicted molar refractivity (Wildman–Crippen MR) is 126 cm³/mol. The van der Waals surface area contributed by atoms with Gasteiger partial charge in [0.25, 0.3) is 0 Å². The van der Waals surface area contributed by atoms with E-state index in [1.54, 1.807) is 0 Å². The average molecular weight is 382 g/mol. The molecule has 0 aliphatic carbocycles. The molecule has 0 amide bonds. The molecule has 0 radical (unpaired) electrons. The second-order valence-corrected chi connectivity index (χ2v) is 9.75. The van der Waals surface area contributed by atoms with Crippen molar-refractivity contribution >= 4 is 0 Å². The van der Waals surface area contributed by atoms with Crippen molar-refractivity contribution < 1.29 is 0 Å². The Bertz CT molecular complexity index is 245. The summed E-state index contributed by atoms with van der Waals surface area (Å²) < 4.78 is 0. The number of rotatable bonds is 21. The van der Waals surface area contributed by atoms with Crippen molar-refractivity contribution in [3.05, 3.63) is 0 Å². The average Bonchev–Trinajstić information content (AvgIpc) is 2.63. The van der Waals surface area contributed by atoms with Crippen molar-refractivity contribution in [3.8, 4) is 0 Å². The van der Waals surface area contributed by atoms with Crippen LogP contribution in [-0.2, 0) is 0 Å². The van der Waals surface area contributed by atoms with Crippen molar-refractivity contribution in [2.75, 3.05) is 19.6 Å². The van der Waals surface area contributed by atoms with E-state index < -0.39 is 0 Å². The lowest BCUT2D eigenvalue weighted by atomic mass is 10.0. The Balaban J connectivity index is 3.32. The van der Waals surface area contributed by atoms with Gasteiger partial charge in [-0.15, -0.1) is 0 Å². The molecule has 0 aromatic carbocycles. The van der Waals surface area contributed by atoms with Crippen LogP contribution in [-0.4, -0.2) is 24.5 Å². The number of unbranched alkanes of at least 4 members (excludes halogenated alkanes) is 12. The lowest BCUT2D eigenvalue weighted by molar-refractivity contribution is 0.273. The van der Waals surface area contributed by atoms with E-state index in [1.807, 2.05) is 0 Å². The summed E-state index contributed by atoms with van der Waals surface area (Å²) in [5.41, 5.74) is 0. The van der Waals surface area contributed by atoms with Crippen molar-refractivity contribution in [2.24, 2.45) is 11.8 Å². The quantitative estimate of drug-likeness (QED) is 0.179. The first-order valence-corrected chi connectivity index (χ1v) is 12.8. The van der Waals surface area contributed by atoms with Crippen molar-refractivity contribution in [2.45, 2.75) is 137 Å². The normalized spacial score (nSPS) is 12.0. The van der Waals surface area contributed by atoms with Gasteiger partial charge in [0.1, 0.15) is 0 Å². The van der Waals surface area contributed by atoms with Gasteiger partial charge in [-0.3, -0.25) is 0 Å². The first-order valence-electron chi connectivity index (χ1n) is 12.8. The molecule has 0 heterocycles. The summed E-state index contributed by atoms with van der Waals surface area (Å²) in [5.74, 6) is 1.78. The molecule has 0 saturated carbocycles. The van der Waals surface area contributed by atoms with Crippen LogP contribution < -0.4 is 0 Å². The standard InChI is InChI=1S/C26H55N/c1-6-27(23-19-15-11-7-9-13-17-21-25(2)3)24-20-16-12-8-10-14-18-22-26(4)5/h25-26H,6-24H2,1-5H3. The lowest BCUT2D eigenvalue weighted by Gasteiger charge is -2.20. The molecule has 0 rings (SSSR count). The minimum Gasteiger partial charge on any atom is -0.304 e. The molecule has 0 aromatic heterocycles. The first-order chi connectivity index (χ1) is 13.1. The molecular formula is C26H55N. The molecule has 0 atom stereocenters. The zero-order valence-electron chi connectivity index (χ0n) is 20.0. The molecule has 27 heavy (non-hydrogen) atoms. The molecule has 1 heteroatoms. The topological polar surface area (TPSA) is 3.24 Å². The molecule has 0 fully saturated rings. The van der Waals surface area contributed by atoms with Gasteiger partial charge in [0, 0.05) is 0 Å². The summed E-state index contributed by atoms with van der Waals surface area (Å²) in [4.78, 5) is 2.69. The van der Waals surface area contributed by atoms with Gasteiger partial charge in [0.15, 0.2) is 0 Å². The van der Waals surface area contributed by atoms with E-state index in [4.69, 9.17) is 0 Å². The minimum absolute atomic E-state index is 0.889. The summed E-state index contributed by atoms with van der Waals surface area (Å²) in [6.45, 7) is 15.6. The lowest BCUT2D eigenvalue weighted by Crippen LogP contribution is -2.25. The maximum absolute atomic E-state index is 2.69. The van der Waals surface area contributed by atoms with Gasteiger partial charge in [-0.1, -0.05) is 125 Å². The molecule has 0 bridgehead atoms. The fourth-order valence-electron chi connectivity index (χ4n) is 3.97. The minimum atomic E-state index is 0.889. The molecule has 0 aliphatic rings. The third-order valence-corrected chi connectivity index (χ3v) is 5.96. The highest BCUT2D eigenvalue weighted by atomic mass is 15.1. The van der Waals surface area contributed by atoms with Gasteiger partial charge in [-0.25, -0.2) is 0 Å². The van der Waals surface area contributed by atoms with Crippen molar-refractivity contribution in [1.29, 1.82) is 0 Å². The van der Waals surface area contributed by atoms with E-state index >= 15 is 0 Å². The highest BCUT2D eigenvalue weighted by Gasteiger charge is 2.02. The molecule has 0 N–H and O–H groups in total. The summed E-state index contributed by atoms with van der Waals surface area (Å²) in [5, 5.41) is 0. The van der Waals surface area contributed by atoms with E-state index in [0.29, 0.717) is 0 Å². The molecule has 0 saturated heterocycles. The Morgan fingerprint density at radius 1 is 0.444 bits per heavy atom. The maximum Gasteiger partial charge on any atom is -0.00189 e. The Morgan fingerprint density at radius 2 is 0.741 bits per heavy atom. The SMILES string of the molecule is CCN(CCCCCCCCCC(C)C)CCCCCCCCCC(C)C. The van der Waals surface area contributed by atoms with E-state index in [2.05, 4.69) is 39.5 Å². The van der Waals surface area contributed by atoms with Gasteiger partial charge in [-0.2, -0.15) is 0 Å². The van der Waals surface area contributed by atoms with E-state index in [-0.39, 0.29) is 0 Å². The predicted octanol–water partition coefficient (Wildman–Crippen LogP) is 8.86. The zero-order valence-corrected chi connectivity index (χ0v) is 20.0. The van der Waals surface area contributed by atoms with Crippen LogP contribution in [0.2, 0.25) is 0 Å². The van der Waals surface area contributed by atoms with Gasteiger partial charge >= 0.3 is 0 Å². The number of hydrogen-bond acceptors (Lipinski definition) is 1. The summed E-state index contributed by atoms with van der Waals surface area (Å²) in [6, 6.07) is 0. The third kappa shape index (κ3) is 22.1. The molecular weight excluding hydrogens is 326 g/mol. The molecule has 0 unspecified atom stereocenters. The Hall–Kier alpha value is -0.0400. The summed E-state index contributed by atoms with van der Waals surface area (Å²) in [6.07, 6.45) is 23.1. The second kappa shape index (κ2) is 20.7. The Labute approximate surface area is 174 Å². The van der Waals surface area contributed by atoms with Crippen LogP contribution in [0.5, 0.6) is 0 Å². The molecule has 164 valence electrons. The zero-order chi connectivity index (χ0) is 20.2. The monoisotopic (exact) mass is 381 g/mol. The molecule has 1 nitrogen and oxygen atoms in total. The fraction of sp³-hybridized carbons (Fsp3) is 1.00. The third-order valence-electron chi connectivity index (χ3n) is 5.96. The van der Waals surface area contributed by atoms with Gasteiger partial charge in [0.2, 0.25) is 0 Å². The van der Waals surface area contributed by atoms with Crippen LogP contribution in [0.25, 0.3) is 0 Å². The first kappa shape index (κ1) is 27.0. The van der Waals surface area contributed by atoms with E-state index in [0.717, 1.165) is 11.8 Å². The van der Waals surface area contributed by atoms with E-state index in [9.17, 15) is 0 Å². The summed E-state index contributed by atoms with van der Waals surface area (Å²) in [7, 11) is 0. The van der Waals surface area contributed by atoms with Crippen LogP contribution in [0, 0.1) is 11.8 Å². The molecule has 0 aromatic rings. The fourth-order valence-corrected chi connectivity index (χ4v) is 3.97. The smallest absolute Gasteiger partial charge is 0.00189 e. The highest BCUT2D eigenvalue weighted by molar-refractivity contribution is 4.58. The molecule has 0 spiro atoms. The second-order valence-electron chi connectivity index (χ2n) is 9.75. The maximum atomic E-state index is 2.69. The van der Waals surface area contributed by atoms with Crippen LogP contribution in [0.3, 0.4) is 0 Å². The van der Waals surface area contributed by atoms with Gasteiger partial charge in [0.05, 0.1) is 0 Å². The molecule has 0 aliphatic heterocycles. The van der Waals surface area contributed by atoms with Crippen LogP contribution in [0.4, 0.5) is 0 Å². The van der Waals surface area contributed by atoms with Crippen LogP contribution in [0.1, 0.15) is 137 Å². The summed E-state index contributed by atoms with van der Waals surface area (Å²) >= 11 is 0. The van der Waals surface area contributed by atoms with E-state index in [1.165, 1.54) is 122 Å². The van der Waals surface area contributed by atoms with Crippen LogP contribution >= 0.6 is 0 Å². The number of hydrogen-bond donors (Lipinski definition) is 0. The van der Waals surface area contributed by atoms with Gasteiger partial charge < -0.3 is 4.90 Å². The van der Waals surface area contributed by atoms with Crippen molar-refractivity contribution in [1.82, 2.24) is 4.90 Å². The Morgan fingerprint density at radius 3 is 1.04 bits per heavy atom.